The molecule has 2 N–H and O–H groups in total. The van der Waals surface area contributed by atoms with Crippen molar-refractivity contribution in [2.45, 2.75) is 57.0 Å². The lowest BCUT2D eigenvalue weighted by Gasteiger charge is -2.28. The third-order valence-corrected chi connectivity index (χ3v) is 4.16. The zero-order valence-electron chi connectivity index (χ0n) is 11.1. The van der Waals surface area contributed by atoms with Gasteiger partial charge in [0.05, 0.1) is 18.1 Å². The Morgan fingerprint density at radius 1 is 1.22 bits per heavy atom. The van der Waals surface area contributed by atoms with E-state index in [1.165, 1.54) is 12.8 Å². The first-order valence-electron chi connectivity index (χ1n) is 7.27. The summed E-state index contributed by atoms with van der Waals surface area (Å²) in [6.07, 6.45) is 8.03. The second kappa shape index (κ2) is 6.53. The van der Waals surface area contributed by atoms with Crippen molar-refractivity contribution in [1.82, 2.24) is 5.32 Å². The van der Waals surface area contributed by atoms with Gasteiger partial charge in [-0.25, -0.2) is 0 Å². The van der Waals surface area contributed by atoms with Crippen molar-refractivity contribution < 1.29 is 14.6 Å². The van der Waals surface area contributed by atoms with Crippen molar-refractivity contribution in [3.8, 4) is 0 Å². The van der Waals surface area contributed by atoms with Crippen LogP contribution in [0.2, 0.25) is 0 Å². The SMILES string of the molecule is O=C(NCC1(O)CCCCCC1)C1CCCOC1. The van der Waals surface area contributed by atoms with Gasteiger partial charge in [-0.05, 0) is 25.7 Å². The summed E-state index contributed by atoms with van der Waals surface area (Å²) in [5.41, 5.74) is -0.679. The third kappa shape index (κ3) is 3.95. The molecule has 4 nitrogen and oxygen atoms in total. The predicted octanol–water partition coefficient (Wildman–Crippen LogP) is 1.61. The van der Waals surface area contributed by atoms with Crippen LogP contribution in [0.3, 0.4) is 0 Å². The van der Waals surface area contributed by atoms with Crippen LogP contribution in [0.25, 0.3) is 0 Å². The van der Waals surface area contributed by atoms with Crippen molar-refractivity contribution in [2.24, 2.45) is 5.92 Å². The van der Waals surface area contributed by atoms with Gasteiger partial charge in [0.25, 0.3) is 0 Å². The summed E-state index contributed by atoms with van der Waals surface area (Å²) in [6, 6.07) is 0. The number of hydrogen-bond acceptors (Lipinski definition) is 3. The third-order valence-electron chi connectivity index (χ3n) is 4.16. The molecular formula is C14H25NO3. The standard InChI is InChI=1S/C14H25NO3/c16-13(12-6-5-9-18-10-12)15-11-14(17)7-3-1-2-4-8-14/h12,17H,1-11H2,(H,15,16). The molecule has 0 aromatic rings. The number of hydrogen-bond donors (Lipinski definition) is 2. The Morgan fingerprint density at radius 3 is 2.56 bits per heavy atom. The normalized spacial score (nSPS) is 28.4. The van der Waals surface area contributed by atoms with Gasteiger partial charge in [-0.3, -0.25) is 4.79 Å². The van der Waals surface area contributed by atoms with E-state index in [2.05, 4.69) is 5.32 Å². The fourth-order valence-electron chi connectivity index (χ4n) is 2.91. The van der Waals surface area contributed by atoms with Crippen molar-refractivity contribution in [3.63, 3.8) is 0 Å². The molecule has 1 atom stereocenters. The molecule has 1 amide bonds. The van der Waals surface area contributed by atoms with Gasteiger partial charge < -0.3 is 15.2 Å². The lowest BCUT2D eigenvalue weighted by molar-refractivity contribution is -0.130. The van der Waals surface area contributed by atoms with E-state index in [1.54, 1.807) is 0 Å². The summed E-state index contributed by atoms with van der Waals surface area (Å²) >= 11 is 0. The topological polar surface area (TPSA) is 58.6 Å². The Balaban J connectivity index is 1.76. The van der Waals surface area contributed by atoms with Gasteiger partial charge in [0, 0.05) is 13.2 Å². The van der Waals surface area contributed by atoms with Gasteiger partial charge >= 0.3 is 0 Å². The molecule has 1 aliphatic carbocycles. The van der Waals surface area contributed by atoms with E-state index >= 15 is 0 Å². The maximum absolute atomic E-state index is 12.0. The summed E-state index contributed by atoms with van der Waals surface area (Å²) in [5.74, 6) is 0.0282. The lowest BCUT2D eigenvalue weighted by Crippen LogP contribution is -2.45. The highest BCUT2D eigenvalue weighted by Gasteiger charge is 2.30. The summed E-state index contributed by atoms with van der Waals surface area (Å²) < 4.78 is 5.32. The smallest absolute Gasteiger partial charge is 0.225 e. The molecule has 18 heavy (non-hydrogen) atoms. The van der Waals surface area contributed by atoms with Crippen LogP contribution >= 0.6 is 0 Å². The molecule has 1 heterocycles. The number of rotatable bonds is 3. The van der Waals surface area contributed by atoms with E-state index in [-0.39, 0.29) is 11.8 Å². The van der Waals surface area contributed by atoms with Crippen LogP contribution in [0, 0.1) is 5.92 Å². The molecule has 0 radical (unpaired) electrons. The quantitative estimate of drug-likeness (QED) is 0.753. The second-order valence-electron chi connectivity index (χ2n) is 5.77. The largest absolute Gasteiger partial charge is 0.388 e. The first-order chi connectivity index (χ1) is 8.70. The summed E-state index contributed by atoms with van der Waals surface area (Å²) in [5, 5.41) is 13.4. The van der Waals surface area contributed by atoms with Crippen LogP contribution in [0.1, 0.15) is 51.4 Å². The molecule has 0 aromatic heterocycles. The van der Waals surface area contributed by atoms with E-state index in [4.69, 9.17) is 4.74 Å². The van der Waals surface area contributed by atoms with Gasteiger partial charge in [0.15, 0.2) is 0 Å². The van der Waals surface area contributed by atoms with E-state index in [9.17, 15) is 9.90 Å². The molecule has 0 bridgehead atoms. The van der Waals surface area contributed by atoms with Gasteiger partial charge in [0.1, 0.15) is 0 Å². The molecule has 1 unspecified atom stereocenters. The Kier molecular flexibility index (Phi) is 5.01. The van der Waals surface area contributed by atoms with Crippen LogP contribution in [-0.2, 0) is 9.53 Å². The summed E-state index contributed by atoms with van der Waals surface area (Å²) in [6.45, 7) is 1.71. The van der Waals surface area contributed by atoms with Crippen molar-refractivity contribution in [2.75, 3.05) is 19.8 Å². The molecule has 1 saturated heterocycles. The van der Waals surface area contributed by atoms with Crippen molar-refractivity contribution >= 4 is 5.91 Å². The minimum absolute atomic E-state index is 0.0203. The molecule has 0 spiro atoms. The molecule has 0 aromatic carbocycles. The maximum Gasteiger partial charge on any atom is 0.225 e. The first kappa shape index (κ1) is 13.8. The lowest BCUT2D eigenvalue weighted by atomic mass is 9.94. The zero-order valence-corrected chi connectivity index (χ0v) is 11.1. The molecule has 2 rings (SSSR count). The highest BCUT2D eigenvalue weighted by atomic mass is 16.5. The minimum atomic E-state index is -0.679. The van der Waals surface area contributed by atoms with Crippen LogP contribution < -0.4 is 5.32 Å². The van der Waals surface area contributed by atoms with E-state index in [0.717, 1.165) is 45.1 Å². The fraction of sp³-hybridized carbons (Fsp3) is 0.929. The van der Waals surface area contributed by atoms with Crippen LogP contribution in [0.15, 0.2) is 0 Å². The van der Waals surface area contributed by atoms with Gasteiger partial charge in [-0.15, -0.1) is 0 Å². The molecule has 4 heteroatoms. The number of amides is 1. The predicted molar refractivity (Wildman–Crippen MR) is 69.2 cm³/mol. The molecule has 1 saturated carbocycles. The maximum atomic E-state index is 12.0. The van der Waals surface area contributed by atoms with Gasteiger partial charge in [-0.2, -0.15) is 0 Å². The minimum Gasteiger partial charge on any atom is -0.388 e. The number of ether oxygens (including phenoxy) is 1. The number of aliphatic hydroxyl groups is 1. The van der Waals surface area contributed by atoms with E-state index in [1.807, 2.05) is 0 Å². The number of carbonyl (C=O) groups excluding carboxylic acids is 1. The van der Waals surface area contributed by atoms with Crippen molar-refractivity contribution in [1.29, 1.82) is 0 Å². The Morgan fingerprint density at radius 2 is 1.94 bits per heavy atom. The van der Waals surface area contributed by atoms with Crippen LogP contribution in [0.5, 0.6) is 0 Å². The number of carbonyl (C=O) groups is 1. The van der Waals surface area contributed by atoms with Crippen LogP contribution in [0.4, 0.5) is 0 Å². The zero-order chi connectivity index (χ0) is 12.8. The van der Waals surface area contributed by atoms with Gasteiger partial charge in [0.2, 0.25) is 5.91 Å². The Labute approximate surface area is 109 Å². The Hall–Kier alpha value is -0.610. The molecule has 2 aliphatic rings. The average molecular weight is 255 g/mol. The second-order valence-corrected chi connectivity index (χ2v) is 5.77. The molecule has 2 fully saturated rings. The summed E-state index contributed by atoms with van der Waals surface area (Å²) in [7, 11) is 0. The first-order valence-corrected chi connectivity index (χ1v) is 7.27. The highest BCUT2D eigenvalue weighted by molar-refractivity contribution is 5.78. The average Bonchev–Trinajstić information content (AvgIpc) is 2.62. The fourth-order valence-corrected chi connectivity index (χ4v) is 2.91. The highest BCUT2D eigenvalue weighted by Crippen LogP contribution is 2.26. The van der Waals surface area contributed by atoms with E-state index in [0.29, 0.717) is 13.2 Å². The molecular weight excluding hydrogens is 230 g/mol. The molecule has 104 valence electrons. The van der Waals surface area contributed by atoms with E-state index < -0.39 is 5.60 Å². The monoisotopic (exact) mass is 255 g/mol. The number of nitrogens with one attached hydrogen (secondary N) is 1. The summed E-state index contributed by atoms with van der Waals surface area (Å²) in [4.78, 5) is 12.0. The Bertz CT molecular complexity index is 266. The van der Waals surface area contributed by atoms with Gasteiger partial charge in [-0.1, -0.05) is 25.7 Å². The van der Waals surface area contributed by atoms with Crippen LogP contribution in [-0.4, -0.2) is 36.4 Å². The van der Waals surface area contributed by atoms with Crippen molar-refractivity contribution in [3.05, 3.63) is 0 Å². The molecule has 1 aliphatic heterocycles.